The molecule has 1 rings (SSSR count). The Morgan fingerprint density at radius 1 is 1.40 bits per heavy atom. The fraction of sp³-hybridized carbons (Fsp3) is 0.562. The highest BCUT2D eigenvalue weighted by Gasteiger charge is 2.19. The summed E-state index contributed by atoms with van der Waals surface area (Å²) < 4.78 is 13.1. The number of amides is 1. The topological polar surface area (TPSA) is 55.1 Å². The van der Waals surface area contributed by atoms with Crippen LogP contribution < -0.4 is 11.1 Å². The highest BCUT2D eigenvalue weighted by atomic mass is 19.1. The summed E-state index contributed by atoms with van der Waals surface area (Å²) in [7, 11) is 0. The van der Waals surface area contributed by atoms with Gasteiger partial charge < -0.3 is 11.1 Å². The van der Waals surface area contributed by atoms with Crippen LogP contribution in [0.3, 0.4) is 0 Å². The number of rotatable bonds is 5. The molecule has 4 heteroatoms. The number of nitrogens with one attached hydrogen (secondary N) is 1. The van der Waals surface area contributed by atoms with Crippen molar-refractivity contribution >= 4 is 5.91 Å². The minimum atomic E-state index is -0.298. The third kappa shape index (κ3) is 6.15. The molecule has 3 nitrogen and oxygen atoms in total. The Morgan fingerprint density at radius 3 is 2.60 bits per heavy atom. The van der Waals surface area contributed by atoms with E-state index >= 15 is 0 Å². The van der Waals surface area contributed by atoms with Crippen molar-refractivity contribution in [3.8, 4) is 0 Å². The second-order valence-corrected chi connectivity index (χ2v) is 6.57. The normalized spacial score (nSPS) is 14.7. The van der Waals surface area contributed by atoms with Gasteiger partial charge in [-0.25, -0.2) is 4.39 Å². The van der Waals surface area contributed by atoms with Gasteiger partial charge in [0, 0.05) is 12.5 Å². The van der Waals surface area contributed by atoms with Crippen LogP contribution in [0.5, 0.6) is 0 Å². The fourth-order valence-electron chi connectivity index (χ4n) is 2.26. The van der Waals surface area contributed by atoms with Crippen LogP contribution in [0.4, 0.5) is 4.39 Å². The van der Waals surface area contributed by atoms with Gasteiger partial charge in [0.2, 0.25) is 5.91 Å². The average molecular weight is 280 g/mol. The van der Waals surface area contributed by atoms with Gasteiger partial charge in [-0.1, -0.05) is 32.9 Å². The maximum Gasteiger partial charge on any atom is 0.222 e. The summed E-state index contributed by atoms with van der Waals surface area (Å²) >= 11 is 0. The maximum atomic E-state index is 13.1. The van der Waals surface area contributed by atoms with Gasteiger partial charge >= 0.3 is 0 Å². The third-order valence-corrected chi connectivity index (χ3v) is 3.05. The molecule has 112 valence electrons. The number of benzene rings is 1. The monoisotopic (exact) mass is 280 g/mol. The van der Waals surface area contributed by atoms with Crippen molar-refractivity contribution in [3.63, 3.8) is 0 Å². The van der Waals surface area contributed by atoms with Crippen LogP contribution in [-0.2, 0) is 4.79 Å². The van der Waals surface area contributed by atoms with Crippen molar-refractivity contribution in [1.82, 2.24) is 5.32 Å². The minimum absolute atomic E-state index is 0.0986. The Balaban J connectivity index is 2.50. The average Bonchev–Trinajstić information content (AvgIpc) is 2.25. The molecule has 0 aliphatic rings. The van der Waals surface area contributed by atoms with Gasteiger partial charge in [-0.3, -0.25) is 4.79 Å². The number of carbonyl (C=O) groups excluding carboxylic acids is 1. The van der Waals surface area contributed by atoms with E-state index in [9.17, 15) is 9.18 Å². The SMILES string of the molecule is CC(NC(=O)CC(N)CC(C)(C)C)c1cccc(F)c1. The number of carbonyl (C=O) groups is 1. The molecule has 0 fully saturated rings. The third-order valence-electron chi connectivity index (χ3n) is 3.05. The highest BCUT2D eigenvalue weighted by Crippen LogP contribution is 2.21. The number of halogens is 1. The molecular weight excluding hydrogens is 255 g/mol. The van der Waals surface area contributed by atoms with Crippen LogP contribution in [0.15, 0.2) is 24.3 Å². The van der Waals surface area contributed by atoms with Gasteiger partial charge in [0.05, 0.1) is 6.04 Å². The van der Waals surface area contributed by atoms with E-state index in [0.717, 1.165) is 12.0 Å². The second-order valence-electron chi connectivity index (χ2n) is 6.57. The zero-order valence-corrected chi connectivity index (χ0v) is 12.7. The summed E-state index contributed by atoms with van der Waals surface area (Å²) in [6.45, 7) is 8.13. The Bertz CT molecular complexity index is 454. The summed E-state index contributed by atoms with van der Waals surface area (Å²) in [5.41, 5.74) is 6.84. The van der Waals surface area contributed by atoms with Crippen molar-refractivity contribution in [3.05, 3.63) is 35.6 Å². The lowest BCUT2D eigenvalue weighted by molar-refractivity contribution is -0.122. The van der Waals surface area contributed by atoms with Gasteiger partial charge in [0.1, 0.15) is 5.82 Å². The van der Waals surface area contributed by atoms with E-state index in [2.05, 4.69) is 26.1 Å². The molecule has 0 aromatic heterocycles. The van der Waals surface area contributed by atoms with Gasteiger partial charge in [-0.05, 0) is 36.5 Å². The van der Waals surface area contributed by atoms with Crippen LogP contribution >= 0.6 is 0 Å². The van der Waals surface area contributed by atoms with Gasteiger partial charge in [0.15, 0.2) is 0 Å². The van der Waals surface area contributed by atoms with Gasteiger partial charge in [-0.15, -0.1) is 0 Å². The molecule has 3 N–H and O–H groups in total. The molecular formula is C16H25FN2O. The molecule has 1 amide bonds. The van der Waals surface area contributed by atoms with Gasteiger partial charge in [0.25, 0.3) is 0 Å². The summed E-state index contributed by atoms with van der Waals surface area (Å²) in [5, 5.41) is 2.85. The molecule has 0 spiro atoms. The van der Waals surface area contributed by atoms with E-state index in [1.165, 1.54) is 12.1 Å². The van der Waals surface area contributed by atoms with Crippen LogP contribution in [0.2, 0.25) is 0 Å². The molecule has 2 atom stereocenters. The van der Waals surface area contributed by atoms with Crippen LogP contribution in [-0.4, -0.2) is 11.9 Å². The second kappa shape index (κ2) is 6.84. The first kappa shape index (κ1) is 16.6. The molecule has 0 radical (unpaired) electrons. The summed E-state index contributed by atoms with van der Waals surface area (Å²) in [5.74, 6) is -0.397. The Kier molecular flexibility index (Phi) is 5.69. The summed E-state index contributed by atoms with van der Waals surface area (Å²) in [6.07, 6.45) is 1.08. The van der Waals surface area contributed by atoms with E-state index in [-0.39, 0.29) is 35.6 Å². The molecule has 20 heavy (non-hydrogen) atoms. The van der Waals surface area contributed by atoms with Crippen molar-refractivity contribution in [2.75, 3.05) is 0 Å². The molecule has 1 aromatic carbocycles. The van der Waals surface area contributed by atoms with Crippen LogP contribution in [0.25, 0.3) is 0 Å². The lowest BCUT2D eigenvalue weighted by atomic mass is 9.87. The van der Waals surface area contributed by atoms with E-state index in [1.54, 1.807) is 12.1 Å². The zero-order valence-electron chi connectivity index (χ0n) is 12.7. The molecule has 0 aliphatic heterocycles. The van der Waals surface area contributed by atoms with Crippen LogP contribution in [0.1, 0.15) is 52.1 Å². The molecule has 2 unspecified atom stereocenters. The van der Waals surface area contributed by atoms with Crippen molar-refractivity contribution in [2.24, 2.45) is 11.1 Å². The highest BCUT2D eigenvalue weighted by molar-refractivity contribution is 5.77. The first-order chi connectivity index (χ1) is 9.17. The van der Waals surface area contributed by atoms with Crippen LogP contribution in [0, 0.1) is 11.2 Å². The summed E-state index contributed by atoms with van der Waals surface area (Å²) in [4.78, 5) is 11.9. The summed E-state index contributed by atoms with van der Waals surface area (Å²) in [6, 6.07) is 5.87. The Morgan fingerprint density at radius 2 is 2.05 bits per heavy atom. The zero-order chi connectivity index (χ0) is 15.3. The first-order valence-electron chi connectivity index (χ1n) is 6.98. The predicted octanol–water partition coefficient (Wildman–Crippen LogP) is 3.16. The van der Waals surface area contributed by atoms with Crippen molar-refractivity contribution < 1.29 is 9.18 Å². The Hall–Kier alpha value is -1.42. The lowest BCUT2D eigenvalue weighted by Crippen LogP contribution is -2.35. The first-order valence-corrected chi connectivity index (χ1v) is 6.98. The molecule has 0 saturated carbocycles. The van der Waals surface area contributed by atoms with Crippen molar-refractivity contribution in [2.45, 2.75) is 52.6 Å². The van der Waals surface area contributed by atoms with E-state index in [4.69, 9.17) is 5.73 Å². The molecule has 0 bridgehead atoms. The molecule has 0 saturated heterocycles. The Labute approximate surface area is 120 Å². The predicted molar refractivity (Wildman–Crippen MR) is 79.6 cm³/mol. The van der Waals surface area contributed by atoms with E-state index in [1.807, 2.05) is 6.92 Å². The maximum absolute atomic E-state index is 13.1. The molecule has 1 aromatic rings. The number of nitrogens with two attached hydrogens (primary N) is 1. The minimum Gasteiger partial charge on any atom is -0.350 e. The number of hydrogen-bond donors (Lipinski definition) is 2. The fourth-order valence-corrected chi connectivity index (χ4v) is 2.26. The number of hydrogen-bond acceptors (Lipinski definition) is 2. The van der Waals surface area contributed by atoms with Crippen molar-refractivity contribution in [1.29, 1.82) is 0 Å². The van der Waals surface area contributed by atoms with E-state index < -0.39 is 0 Å². The quantitative estimate of drug-likeness (QED) is 0.870. The molecule has 0 heterocycles. The molecule has 0 aliphatic carbocycles. The lowest BCUT2D eigenvalue weighted by Gasteiger charge is -2.23. The van der Waals surface area contributed by atoms with Gasteiger partial charge in [-0.2, -0.15) is 0 Å². The standard InChI is InChI=1S/C16H25FN2O/c1-11(12-6-5-7-13(17)8-12)19-15(20)9-14(18)10-16(2,3)4/h5-8,11,14H,9-10,18H2,1-4H3,(H,19,20). The van der Waals surface area contributed by atoms with E-state index in [0.29, 0.717) is 0 Å². The largest absolute Gasteiger partial charge is 0.350 e. The smallest absolute Gasteiger partial charge is 0.222 e.